The fraction of sp³-hybridized carbons (Fsp3) is 0.208. The molecule has 5 rings (SSSR count). The first-order chi connectivity index (χ1) is 15.4. The molecule has 2 heterocycles. The first-order valence-corrected chi connectivity index (χ1v) is 10.7. The smallest absolute Gasteiger partial charge is 0.336 e. The largest absolute Gasteiger partial charge is 0.341 e. The summed E-state index contributed by atoms with van der Waals surface area (Å²) < 4.78 is 4.31. The summed E-state index contributed by atoms with van der Waals surface area (Å²) in [5, 5.41) is 3.60. The molecule has 1 aliphatic carbocycles. The van der Waals surface area contributed by atoms with Gasteiger partial charge in [0, 0.05) is 24.3 Å². The Labute approximate surface area is 185 Å². The molecule has 0 unspecified atom stereocenters. The number of benzene rings is 2. The van der Waals surface area contributed by atoms with Gasteiger partial charge >= 0.3 is 5.69 Å². The van der Waals surface area contributed by atoms with Gasteiger partial charge in [0.25, 0.3) is 11.1 Å². The van der Waals surface area contributed by atoms with Crippen molar-refractivity contribution in [1.29, 1.82) is 0 Å². The van der Waals surface area contributed by atoms with E-state index in [0.717, 1.165) is 24.0 Å². The van der Waals surface area contributed by atoms with Crippen molar-refractivity contribution in [3.05, 3.63) is 91.4 Å². The summed E-state index contributed by atoms with van der Waals surface area (Å²) in [5.41, 5.74) is 2.15. The predicted octanol–water partition coefficient (Wildman–Crippen LogP) is 1.50. The molecule has 0 amide bonds. The number of pyridine rings is 1. The second kappa shape index (κ2) is 7.41. The van der Waals surface area contributed by atoms with Gasteiger partial charge in [-0.15, -0.1) is 0 Å². The summed E-state index contributed by atoms with van der Waals surface area (Å²) in [6.45, 7) is 1.67. The minimum atomic E-state index is -0.408. The van der Waals surface area contributed by atoms with Gasteiger partial charge in [-0.3, -0.25) is 23.3 Å². The monoisotopic (exact) mass is 426 g/mol. The average Bonchev–Trinajstić information content (AvgIpc) is 3.62. The van der Waals surface area contributed by atoms with E-state index in [2.05, 4.69) is 5.32 Å². The highest BCUT2D eigenvalue weighted by Gasteiger charge is 2.31. The van der Waals surface area contributed by atoms with E-state index in [-0.39, 0.29) is 17.2 Å². The van der Waals surface area contributed by atoms with Crippen LogP contribution in [0.5, 0.6) is 0 Å². The topological polar surface area (TPSA) is 78.0 Å². The Morgan fingerprint density at radius 2 is 1.59 bits per heavy atom. The highest BCUT2D eigenvalue weighted by atomic mass is 16.2. The number of nitrogens with zero attached hydrogens (tertiary/aromatic N) is 3. The third-order valence-electron chi connectivity index (χ3n) is 6.08. The van der Waals surface area contributed by atoms with Gasteiger partial charge in [-0.1, -0.05) is 35.8 Å². The minimum Gasteiger partial charge on any atom is -0.341 e. The zero-order valence-electron chi connectivity index (χ0n) is 18.3. The molecule has 4 aromatic rings. The van der Waals surface area contributed by atoms with Crippen LogP contribution in [0.4, 0.5) is 11.5 Å². The molecule has 1 fully saturated rings. The van der Waals surface area contributed by atoms with E-state index in [9.17, 15) is 14.4 Å². The molecule has 0 atom stereocenters. The van der Waals surface area contributed by atoms with Crippen LogP contribution in [0.3, 0.4) is 0 Å². The molecule has 1 saturated carbocycles. The summed E-state index contributed by atoms with van der Waals surface area (Å²) in [7, 11) is 3.64. The molecule has 0 aliphatic heterocycles. The zero-order valence-corrected chi connectivity index (χ0v) is 18.3. The van der Waals surface area contributed by atoms with Gasteiger partial charge in [0.05, 0.1) is 11.2 Å². The maximum absolute atomic E-state index is 13.7. The van der Waals surface area contributed by atoms with Crippen LogP contribution >= 0.6 is 0 Å². The van der Waals surface area contributed by atoms with Crippen LogP contribution in [0, 0.1) is 6.92 Å². The van der Waals surface area contributed by atoms with Gasteiger partial charge in [-0.25, -0.2) is 4.79 Å². The van der Waals surface area contributed by atoms with Crippen molar-refractivity contribution < 1.29 is 0 Å². The van der Waals surface area contributed by atoms with E-state index in [4.69, 9.17) is 0 Å². The van der Waals surface area contributed by atoms with Crippen LogP contribution in [0.15, 0.2) is 69.0 Å². The third-order valence-corrected chi connectivity index (χ3v) is 6.08. The molecular weight excluding hydrogens is 403 g/mol. The van der Waals surface area contributed by atoms with Gasteiger partial charge < -0.3 is 5.32 Å². The van der Waals surface area contributed by atoms with Crippen molar-refractivity contribution in [3.8, 4) is 5.69 Å². The fourth-order valence-corrected chi connectivity index (χ4v) is 4.21. The van der Waals surface area contributed by atoms with E-state index < -0.39 is 5.69 Å². The quantitative estimate of drug-likeness (QED) is 0.502. The Morgan fingerprint density at radius 1 is 0.938 bits per heavy atom. The van der Waals surface area contributed by atoms with Crippen molar-refractivity contribution in [1.82, 2.24) is 13.7 Å². The molecule has 160 valence electrons. The first kappa shape index (κ1) is 20.1. The molecule has 0 bridgehead atoms. The summed E-state index contributed by atoms with van der Waals surface area (Å²) in [5.74, 6) is 0.378. The third kappa shape index (κ3) is 3.10. The fourth-order valence-electron chi connectivity index (χ4n) is 4.21. The molecule has 0 saturated heterocycles. The summed E-state index contributed by atoms with van der Waals surface area (Å²) in [6, 6.07) is 16.8. The molecule has 1 aliphatic rings. The minimum absolute atomic E-state index is 0.112. The average molecular weight is 426 g/mol. The molecule has 1 N–H and O–H groups in total. The van der Waals surface area contributed by atoms with Crippen LogP contribution < -0.4 is 27.6 Å². The number of aryl methyl sites for hydroxylation is 1. The van der Waals surface area contributed by atoms with E-state index in [1.807, 2.05) is 62.4 Å². The van der Waals surface area contributed by atoms with Crippen LogP contribution in [0.1, 0.15) is 24.4 Å². The second-order valence-corrected chi connectivity index (χ2v) is 8.41. The van der Waals surface area contributed by atoms with Gasteiger partial charge in [-0.05, 0) is 44.0 Å². The van der Waals surface area contributed by atoms with Crippen molar-refractivity contribution in [2.45, 2.75) is 25.8 Å². The number of aromatic nitrogens is 3. The normalized spacial score (nSPS) is 13.4. The maximum atomic E-state index is 13.7. The Bertz CT molecular complexity index is 1530. The number of fused-ring (bicyclic) bond motifs is 1. The Morgan fingerprint density at radius 3 is 2.22 bits per heavy atom. The van der Waals surface area contributed by atoms with Crippen molar-refractivity contribution in [2.24, 2.45) is 7.05 Å². The van der Waals surface area contributed by atoms with Crippen molar-refractivity contribution in [2.75, 3.05) is 5.32 Å². The van der Waals surface area contributed by atoms with Crippen LogP contribution in [-0.4, -0.2) is 21.5 Å². The predicted molar refractivity (Wildman–Crippen MR) is 130 cm³/mol. The Hall–Kier alpha value is -3.81. The molecule has 8 heteroatoms. The SMILES string of the molecule is Bc1ccc(Nc2c3c(=O)n(C4CC4)c(=O)n(-c4ccccc4)c3c(C)c(=O)n2C)cc1. The summed E-state index contributed by atoms with van der Waals surface area (Å²) >= 11 is 0. The Balaban J connectivity index is 1.94. The first-order valence-electron chi connectivity index (χ1n) is 10.7. The van der Waals surface area contributed by atoms with Crippen LogP contribution in [0.25, 0.3) is 16.6 Å². The van der Waals surface area contributed by atoms with Gasteiger partial charge in [0.2, 0.25) is 0 Å². The molecular formula is C24H23BN4O3. The van der Waals surface area contributed by atoms with E-state index in [1.165, 1.54) is 13.7 Å². The van der Waals surface area contributed by atoms with Gasteiger partial charge in [0.15, 0.2) is 0 Å². The molecule has 2 aromatic heterocycles. The lowest BCUT2D eigenvalue weighted by molar-refractivity contribution is 0.643. The van der Waals surface area contributed by atoms with E-state index >= 15 is 0 Å². The zero-order chi connectivity index (χ0) is 22.6. The van der Waals surface area contributed by atoms with Crippen molar-refractivity contribution >= 4 is 35.7 Å². The maximum Gasteiger partial charge on any atom is 0.336 e. The summed E-state index contributed by atoms with van der Waals surface area (Å²) in [6.07, 6.45) is 1.59. The second-order valence-electron chi connectivity index (χ2n) is 8.41. The molecule has 2 aromatic carbocycles. The lowest BCUT2D eigenvalue weighted by atomic mass is 9.96. The number of hydrogen-bond donors (Lipinski definition) is 1. The lowest BCUT2D eigenvalue weighted by Crippen LogP contribution is -2.41. The standard InChI is InChI=1S/C24H23BN4O3/c1-14-20-19(21(27(2)22(14)30)26-16-10-8-15(25)9-11-16)23(31)29(18-12-13-18)24(32)28(20)17-6-4-3-5-7-17/h3-11,18,26H,12-13,25H2,1-2H3. The van der Waals surface area contributed by atoms with E-state index in [0.29, 0.717) is 28.0 Å². The van der Waals surface area contributed by atoms with Crippen LogP contribution in [0.2, 0.25) is 0 Å². The number of anilines is 2. The number of nitrogens with one attached hydrogen (secondary N) is 1. The molecule has 32 heavy (non-hydrogen) atoms. The number of para-hydroxylation sites is 1. The lowest BCUT2D eigenvalue weighted by Gasteiger charge is -2.20. The molecule has 0 spiro atoms. The number of hydrogen-bond acceptors (Lipinski definition) is 4. The Kier molecular flexibility index (Phi) is 4.66. The van der Waals surface area contributed by atoms with Gasteiger partial charge in [0.1, 0.15) is 19.1 Å². The van der Waals surface area contributed by atoms with Crippen LogP contribution in [-0.2, 0) is 7.05 Å². The highest BCUT2D eigenvalue weighted by Crippen LogP contribution is 2.33. The van der Waals surface area contributed by atoms with E-state index in [1.54, 1.807) is 14.0 Å². The van der Waals surface area contributed by atoms with Crippen molar-refractivity contribution in [3.63, 3.8) is 0 Å². The van der Waals surface area contributed by atoms with Gasteiger partial charge in [-0.2, -0.15) is 0 Å². The molecule has 7 nitrogen and oxygen atoms in total. The number of rotatable bonds is 4. The molecule has 0 radical (unpaired) electrons. The summed E-state index contributed by atoms with van der Waals surface area (Å²) in [4.78, 5) is 40.4. The highest BCUT2D eigenvalue weighted by molar-refractivity contribution is 6.32.